The van der Waals surface area contributed by atoms with Gasteiger partial charge in [-0.05, 0) is 60.5 Å². The molecule has 0 fully saturated rings. The second-order valence-corrected chi connectivity index (χ2v) is 9.57. The van der Waals surface area contributed by atoms with Gasteiger partial charge in [-0.3, -0.25) is 14.1 Å². The molecule has 0 aliphatic rings. The second kappa shape index (κ2) is 9.60. The van der Waals surface area contributed by atoms with Gasteiger partial charge in [-0.2, -0.15) is 0 Å². The summed E-state index contributed by atoms with van der Waals surface area (Å²) >= 11 is 6.61. The third kappa shape index (κ3) is 4.38. The summed E-state index contributed by atoms with van der Waals surface area (Å²) in [6.07, 6.45) is 1.38. The molecule has 5 aromatic rings. The first-order chi connectivity index (χ1) is 17.4. The lowest BCUT2D eigenvalue weighted by Gasteiger charge is -2.18. The Morgan fingerprint density at radius 2 is 1.94 bits per heavy atom. The highest BCUT2D eigenvalue weighted by Gasteiger charge is 2.18. The van der Waals surface area contributed by atoms with Crippen molar-refractivity contribution in [2.45, 2.75) is 11.8 Å². The van der Waals surface area contributed by atoms with Crippen molar-refractivity contribution in [1.82, 2.24) is 9.72 Å². The van der Waals surface area contributed by atoms with Crippen molar-refractivity contribution in [3.05, 3.63) is 99.8 Å². The van der Waals surface area contributed by atoms with Gasteiger partial charge in [-0.15, -0.1) is 0 Å². The lowest BCUT2D eigenvalue weighted by molar-refractivity contribution is 0.413. The minimum absolute atomic E-state index is 0.289. The molecule has 36 heavy (non-hydrogen) atoms. The van der Waals surface area contributed by atoms with Gasteiger partial charge in [0.1, 0.15) is 17.8 Å². The number of nitrogens with zero attached hydrogens (tertiary/aromatic N) is 2. The number of benzene rings is 3. The molecule has 0 aliphatic heterocycles. The van der Waals surface area contributed by atoms with Crippen molar-refractivity contribution < 1.29 is 17.9 Å². The maximum absolute atomic E-state index is 13.8. The zero-order valence-corrected chi connectivity index (χ0v) is 20.7. The molecule has 7 nitrogen and oxygen atoms in total. The molecular weight excluding hydrogens is 505 g/mol. The minimum Gasteiger partial charge on any atom is -0.495 e. The van der Waals surface area contributed by atoms with E-state index in [9.17, 15) is 13.4 Å². The average Bonchev–Trinajstić information content (AvgIpc) is 3.37. The molecule has 0 spiro atoms. The predicted octanol–water partition coefficient (Wildman–Crippen LogP) is 5.89. The number of hydrogen-bond donors (Lipinski definition) is 1. The van der Waals surface area contributed by atoms with Gasteiger partial charge in [-0.25, -0.2) is 8.60 Å². The molecule has 2 aromatic heterocycles. The van der Waals surface area contributed by atoms with Crippen LogP contribution in [0, 0.1) is 12.7 Å². The largest absolute Gasteiger partial charge is 0.495 e. The number of rotatable bonds is 6. The average molecular weight is 524 g/mol. The number of anilines is 1. The third-order valence-corrected chi connectivity index (χ3v) is 7.08. The smallest absolute Gasteiger partial charge is 0.255 e. The summed E-state index contributed by atoms with van der Waals surface area (Å²) in [4.78, 5) is 13.7. The topological polar surface area (TPSA) is 86.4 Å². The molecule has 2 heterocycles. The first kappa shape index (κ1) is 23.8. The maximum Gasteiger partial charge on any atom is 0.255 e. The number of ether oxygens (including phenoxy) is 1. The summed E-state index contributed by atoms with van der Waals surface area (Å²) in [6.45, 7) is 1.81. The van der Waals surface area contributed by atoms with Crippen molar-refractivity contribution >= 4 is 39.3 Å². The van der Waals surface area contributed by atoms with Crippen LogP contribution in [0.2, 0.25) is 5.02 Å². The molecule has 0 saturated heterocycles. The van der Waals surface area contributed by atoms with E-state index in [1.54, 1.807) is 48.5 Å². The molecule has 1 N–H and O–H groups in total. The Labute approximate surface area is 212 Å². The molecule has 1 unspecified atom stereocenters. The predicted molar refractivity (Wildman–Crippen MR) is 138 cm³/mol. The number of fused-ring (bicyclic) bond motifs is 1. The first-order valence-corrected chi connectivity index (χ1v) is 12.3. The van der Waals surface area contributed by atoms with Gasteiger partial charge in [0.15, 0.2) is 16.8 Å². The molecule has 0 aliphatic carbocycles. The maximum atomic E-state index is 13.8. The van der Waals surface area contributed by atoms with Crippen LogP contribution in [0.25, 0.3) is 27.7 Å². The Morgan fingerprint density at radius 3 is 2.67 bits per heavy atom. The lowest BCUT2D eigenvalue weighted by Crippen LogP contribution is -2.19. The number of aryl methyl sites for hydroxylation is 1. The Hall–Kier alpha value is -3.95. The molecule has 1 atom stereocenters. The van der Waals surface area contributed by atoms with Crippen molar-refractivity contribution in [2.75, 3.05) is 11.8 Å². The number of halogens is 2. The fourth-order valence-electron chi connectivity index (χ4n) is 4.01. The van der Waals surface area contributed by atoms with Crippen molar-refractivity contribution in [3.8, 4) is 22.6 Å². The zero-order chi connectivity index (χ0) is 25.4. The van der Waals surface area contributed by atoms with Gasteiger partial charge in [0, 0.05) is 23.1 Å². The van der Waals surface area contributed by atoms with E-state index in [1.807, 2.05) is 6.92 Å². The SMILES string of the molecule is COc1cc(-c2cccc(F)c2)c(Cl)cc1-n1c(=O)cc(C)c2cc(S(=O)Nc3ccon3)ccc21. The van der Waals surface area contributed by atoms with Crippen molar-refractivity contribution in [1.29, 1.82) is 0 Å². The van der Waals surface area contributed by atoms with Gasteiger partial charge in [-0.1, -0.05) is 28.9 Å². The van der Waals surface area contributed by atoms with Gasteiger partial charge >= 0.3 is 0 Å². The Bertz CT molecular complexity index is 1690. The number of aromatic nitrogens is 2. The minimum atomic E-state index is -1.61. The van der Waals surface area contributed by atoms with E-state index in [4.69, 9.17) is 20.9 Å². The highest BCUT2D eigenvalue weighted by Crippen LogP contribution is 2.37. The zero-order valence-electron chi connectivity index (χ0n) is 19.1. The van der Waals surface area contributed by atoms with Crippen molar-refractivity contribution in [3.63, 3.8) is 0 Å². The summed E-state index contributed by atoms with van der Waals surface area (Å²) in [7, 11) is -0.119. The summed E-state index contributed by atoms with van der Waals surface area (Å²) in [5, 5.41) is 4.76. The van der Waals surface area contributed by atoms with Crippen LogP contribution in [0.3, 0.4) is 0 Å². The van der Waals surface area contributed by atoms with Gasteiger partial charge in [0.05, 0.1) is 28.2 Å². The van der Waals surface area contributed by atoms with Gasteiger partial charge < -0.3 is 9.26 Å². The molecule has 0 bridgehead atoms. The summed E-state index contributed by atoms with van der Waals surface area (Å²) in [6, 6.07) is 17.5. The van der Waals surface area contributed by atoms with Crippen LogP contribution in [0.5, 0.6) is 5.75 Å². The number of methoxy groups -OCH3 is 1. The summed E-state index contributed by atoms with van der Waals surface area (Å²) < 4.78 is 41.3. The molecule has 5 rings (SSSR count). The van der Waals surface area contributed by atoms with Crippen LogP contribution < -0.4 is 15.0 Å². The van der Waals surface area contributed by atoms with E-state index in [-0.39, 0.29) is 5.56 Å². The highest BCUT2D eigenvalue weighted by atomic mass is 35.5. The van der Waals surface area contributed by atoms with Crippen LogP contribution >= 0.6 is 11.6 Å². The molecule has 0 radical (unpaired) electrons. The second-order valence-electron chi connectivity index (χ2n) is 7.95. The molecule has 3 aromatic carbocycles. The van der Waals surface area contributed by atoms with Crippen molar-refractivity contribution in [2.24, 2.45) is 0 Å². The Balaban J connectivity index is 1.66. The van der Waals surface area contributed by atoms with E-state index in [0.29, 0.717) is 49.4 Å². The van der Waals surface area contributed by atoms with E-state index < -0.39 is 16.8 Å². The van der Waals surface area contributed by atoms with E-state index >= 15 is 0 Å². The van der Waals surface area contributed by atoms with Crippen LogP contribution in [0.4, 0.5) is 10.2 Å². The fourth-order valence-corrected chi connectivity index (χ4v) is 5.11. The Morgan fingerprint density at radius 1 is 1.11 bits per heavy atom. The number of nitrogens with one attached hydrogen (secondary N) is 1. The highest BCUT2D eigenvalue weighted by molar-refractivity contribution is 7.86. The van der Waals surface area contributed by atoms with Crippen LogP contribution in [0.1, 0.15) is 5.56 Å². The monoisotopic (exact) mass is 523 g/mol. The number of pyridine rings is 1. The molecule has 0 amide bonds. The van der Waals surface area contributed by atoms with E-state index in [0.717, 1.165) is 5.39 Å². The quantitative estimate of drug-likeness (QED) is 0.300. The standard InChI is InChI=1S/C26H19ClFN3O4S/c1-15-10-26(32)31(22-7-6-18(12-19(15)22)36(33)30-25-8-9-35-29-25)23-14-21(27)20(13-24(23)34-2)16-4-3-5-17(28)11-16/h3-14H,1-2H3,(H,29,30). The molecular formula is C26H19ClFN3O4S. The van der Waals surface area contributed by atoms with E-state index in [1.165, 1.54) is 36.1 Å². The van der Waals surface area contributed by atoms with E-state index in [2.05, 4.69) is 9.88 Å². The van der Waals surface area contributed by atoms with Gasteiger partial charge in [0.2, 0.25) is 0 Å². The van der Waals surface area contributed by atoms with Gasteiger partial charge in [0.25, 0.3) is 5.56 Å². The van der Waals surface area contributed by atoms with Crippen LogP contribution in [-0.4, -0.2) is 21.0 Å². The molecule has 10 heteroatoms. The normalized spacial score (nSPS) is 12.0. The van der Waals surface area contributed by atoms with Crippen LogP contribution in [0.15, 0.2) is 87.2 Å². The summed E-state index contributed by atoms with van der Waals surface area (Å²) in [5.74, 6) is 0.331. The van der Waals surface area contributed by atoms with Crippen LogP contribution in [-0.2, 0) is 11.0 Å². The summed E-state index contributed by atoms with van der Waals surface area (Å²) in [5.41, 5.74) is 2.58. The molecule has 0 saturated carbocycles. The number of hydrogen-bond acceptors (Lipinski definition) is 5. The first-order valence-electron chi connectivity index (χ1n) is 10.7. The fraction of sp³-hybridized carbons (Fsp3) is 0.0769. The Kier molecular flexibility index (Phi) is 6.34. The third-order valence-electron chi connectivity index (χ3n) is 5.69. The lowest BCUT2D eigenvalue weighted by atomic mass is 10.0. The molecule has 182 valence electrons.